The van der Waals surface area contributed by atoms with Crippen molar-refractivity contribution < 1.29 is 14.3 Å². The van der Waals surface area contributed by atoms with Crippen LogP contribution in [-0.2, 0) is 9.53 Å². The Morgan fingerprint density at radius 2 is 2.25 bits per heavy atom. The highest BCUT2D eigenvalue weighted by Gasteiger charge is 2.39. The summed E-state index contributed by atoms with van der Waals surface area (Å²) in [6, 6.07) is 2.11. The van der Waals surface area contributed by atoms with Gasteiger partial charge in [0.1, 0.15) is 0 Å². The highest BCUT2D eigenvalue weighted by atomic mass is 79.9. The van der Waals surface area contributed by atoms with Crippen LogP contribution in [0.1, 0.15) is 29.6 Å². The molecule has 1 aliphatic heterocycles. The molecule has 1 saturated carbocycles. The molecule has 2 fully saturated rings. The summed E-state index contributed by atoms with van der Waals surface area (Å²) in [7, 11) is 0. The van der Waals surface area contributed by atoms with E-state index in [1.54, 1.807) is 12.3 Å². The topological polar surface area (TPSA) is 59.5 Å². The second kappa shape index (κ2) is 5.52. The number of rotatable bonds is 4. The third-order valence-corrected chi connectivity index (χ3v) is 4.05. The number of ether oxygens (including phenoxy) is 1. The quantitative estimate of drug-likeness (QED) is 0.788. The second-order valence-corrected chi connectivity index (χ2v) is 6.25. The maximum atomic E-state index is 11.9. The summed E-state index contributed by atoms with van der Waals surface area (Å²) in [6.45, 7) is 1.01. The first kappa shape index (κ1) is 13.5. The molecule has 2 aliphatic rings. The Morgan fingerprint density at radius 3 is 2.95 bits per heavy atom. The van der Waals surface area contributed by atoms with Crippen molar-refractivity contribution in [2.24, 2.45) is 5.92 Å². The van der Waals surface area contributed by atoms with Gasteiger partial charge < -0.3 is 9.64 Å². The van der Waals surface area contributed by atoms with Crippen molar-refractivity contribution in [1.82, 2.24) is 9.88 Å². The summed E-state index contributed by atoms with van der Waals surface area (Å²) < 4.78 is 6.02. The zero-order chi connectivity index (χ0) is 14.1. The molecule has 0 unspecified atom stereocenters. The summed E-state index contributed by atoms with van der Waals surface area (Å²) in [6.07, 6.45) is 5.80. The number of hydrogen-bond donors (Lipinski definition) is 0. The molecule has 20 heavy (non-hydrogen) atoms. The van der Waals surface area contributed by atoms with E-state index in [-0.39, 0.29) is 11.8 Å². The van der Waals surface area contributed by atoms with Gasteiger partial charge in [-0.2, -0.15) is 0 Å². The summed E-state index contributed by atoms with van der Waals surface area (Å²) >= 11 is 3.26. The Labute approximate surface area is 125 Å². The number of nitrogens with zero attached hydrogens (tertiary/aromatic N) is 2. The molecule has 1 saturated heterocycles. The van der Waals surface area contributed by atoms with E-state index in [0.29, 0.717) is 31.2 Å². The molecule has 0 aromatic carbocycles. The molecular weight excluding hydrogens is 324 g/mol. The van der Waals surface area contributed by atoms with Gasteiger partial charge in [0, 0.05) is 41.8 Å². The lowest BCUT2D eigenvalue weighted by Crippen LogP contribution is -2.27. The zero-order valence-corrected chi connectivity index (χ0v) is 12.5. The molecule has 0 radical (unpaired) electrons. The summed E-state index contributed by atoms with van der Waals surface area (Å²) in [4.78, 5) is 29.5. The van der Waals surface area contributed by atoms with Crippen LogP contribution < -0.4 is 0 Å². The van der Waals surface area contributed by atoms with Gasteiger partial charge in [-0.1, -0.05) is 0 Å². The lowest BCUT2D eigenvalue weighted by molar-refractivity contribution is -0.128. The molecule has 0 N–H and O–H groups in total. The second-order valence-electron chi connectivity index (χ2n) is 5.34. The standard InChI is InChI=1S/C14H15BrN2O3/c15-11-4-10(5-16-6-11)14(19)20-8-9-3-13(18)17(7-9)12-1-2-12/h4-6,9,12H,1-3,7-8H2/t9-/m1/s1. The van der Waals surface area contributed by atoms with Gasteiger partial charge >= 0.3 is 5.97 Å². The van der Waals surface area contributed by atoms with Gasteiger partial charge in [0.25, 0.3) is 0 Å². The minimum absolute atomic E-state index is 0.118. The average molecular weight is 339 g/mol. The van der Waals surface area contributed by atoms with Crippen LogP contribution >= 0.6 is 15.9 Å². The minimum atomic E-state index is -0.392. The van der Waals surface area contributed by atoms with E-state index in [2.05, 4.69) is 20.9 Å². The monoisotopic (exact) mass is 338 g/mol. The Hall–Kier alpha value is -1.43. The molecule has 1 amide bonds. The van der Waals surface area contributed by atoms with Crippen molar-refractivity contribution in [2.75, 3.05) is 13.2 Å². The van der Waals surface area contributed by atoms with E-state index < -0.39 is 5.97 Å². The fraction of sp³-hybridized carbons (Fsp3) is 0.500. The third kappa shape index (κ3) is 3.00. The number of halogens is 1. The molecule has 0 spiro atoms. The maximum Gasteiger partial charge on any atom is 0.339 e. The van der Waals surface area contributed by atoms with Crippen LogP contribution in [0, 0.1) is 5.92 Å². The first-order valence-corrected chi connectivity index (χ1v) is 7.50. The Balaban J connectivity index is 1.52. The first-order chi connectivity index (χ1) is 9.63. The molecule has 1 aromatic rings. The average Bonchev–Trinajstić information content (AvgIpc) is 3.20. The predicted octanol–water partition coefficient (Wildman–Crippen LogP) is 2.01. The van der Waals surface area contributed by atoms with Gasteiger partial charge in [-0.3, -0.25) is 9.78 Å². The molecule has 0 bridgehead atoms. The van der Waals surface area contributed by atoms with Crippen molar-refractivity contribution >= 4 is 27.8 Å². The van der Waals surface area contributed by atoms with Crippen LogP contribution in [0.15, 0.2) is 22.9 Å². The van der Waals surface area contributed by atoms with Crippen LogP contribution in [0.2, 0.25) is 0 Å². The van der Waals surface area contributed by atoms with E-state index in [1.807, 2.05) is 4.90 Å². The zero-order valence-electron chi connectivity index (χ0n) is 10.9. The molecule has 2 heterocycles. The Kier molecular flexibility index (Phi) is 3.74. The maximum absolute atomic E-state index is 11.9. The summed E-state index contributed by atoms with van der Waals surface area (Å²) in [5, 5.41) is 0. The van der Waals surface area contributed by atoms with Crippen LogP contribution in [-0.4, -0.2) is 41.0 Å². The van der Waals surface area contributed by atoms with E-state index in [0.717, 1.165) is 17.3 Å². The molecule has 1 atom stereocenters. The third-order valence-electron chi connectivity index (χ3n) is 3.62. The van der Waals surface area contributed by atoms with Gasteiger partial charge in [0.05, 0.1) is 12.2 Å². The molecule has 5 nitrogen and oxygen atoms in total. The molecule has 106 valence electrons. The number of esters is 1. The summed E-state index contributed by atoms with van der Waals surface area (Å²) in [5.74, 6) is -0.0824. The number of carbonyl (C=O) groups excluding carboxylic acids is 2. The minimum Gasteiger partial charge on any atom is -0.462 e. The van der Waals surface area contributed by atoms with Crippen molar-refractivity contribution in [1.29, 1.82) is 0 Å². The van der Waals surface area contributed by atoms with Gasteiger partial charge in [-0.15, -0.1) is 0 Å². The van der Waals surface area contributed by atoms with Crippen LogP contribution in [0.25, 0.3) is 0 Å². The fourth-order valence-corrected chi connectivity index (χ4v) is 2.82. The number of carbonyl (C=O) groups is 2. The van der Waals surface area contributed by atoms with E-state index in [9.17, 15) is 9.59 Å². The molecule has 6 heteroatoms. The predicted molar refractivity (Wildman–Crippen MR) is 75.1 cm³/mol. The highest BCUT2D eigenvalue weighted by Crippen LogP contribution is 2.32. The normalized spacial score (nSPS) is 22.1. The highest BCUT2D eigenvalue weighted by molar-refractivity contribution is 9.10. The largest absolute Gasteiger partial charge is 0.462 e. The van der Waals surface area contributed by atoms with Crippen LogP contribution in [0.4, 0.5) is 0 Å². The Bertz CT molecular complexity index is 545. The van der Waals surface area contributed by atoms with Gasteiger partial charge in [-0.25, -0.2) is 4.79 Å². The van der Waals surface area contributed by atoms with E-state index in [1.165, 1.54) is 6.20 Å². The lowest BCUT2D eigenvalue weighted by Gasteiger charge is -2.15. The van der Waals surface area contributed by atoms with Gasteiger partial charge in [-0.05, 0) is 34.8 Å². The molecule has 1 aromatic heterocycles. The van der Waals surface area contributed by atoms with E-state index in [4.69, 9.17) is 4.74 Å². The lowest BCUT2D eigenvalue weighted by atomic mass is 10.1. The van der Waals surface area contributed by atoms with Crippen LogP contribution in [0.3, 0.4) is 0 Å². The fourth-order valence-electron chi connectivity index (χ4n) is 2.46. The number of amides is 1. The van der Waals surface area contributed by atoms with Crippen molar-refractivity contribution in [3.63, 3.8) is 0 Å². The molecular formula is C14H15BrN2O3. The van der Waals surface area contributed by atoms with Crippen molar-refractivity contribution in [3.05, 3.63) is 28.5 Å². The van der Waals surface area contributed by atoms with Crippen molar-refractivity contribution in [2.45, 2.75) is 25.3 Å². The summed E-state index contributed by atoms with van der Waals surface area (Å²) in [5.41, 5.74) is 0.419. The number of hydrogen-bond acceptors (Lipinski definition) is 4. The molecule has 3 rings (SSSR count). The van der Waals surface area contributed by atoms with Gasteiger partial charge in [0.2, 0.25) is 5.91 Å². The smallest absolute Gasteiger partial charge is 0.339 e. The van der Waals surface area contributed by atoms with E-state index >= 15 is 0 Å². The molecule has 1 aliphatic carbocycles. The Morgan fingerprint density at radius 1 is 1.45 bits per heavy atom. The number of likely N-dealkylation sites (tertiary alicyclic amines) is 1. The number of pyridine rings is 1. The van der Waals surface area contributed by atoms with Crippen molar-refractivity contribution in [3.8, 4) is 0 Å². The SMILES string of the molecule is O=C(OC[C@@H]1CC(=O)N(C2CC2)C1)c1cncc(Br)c1. The van der Waals surface area contributed by atoms with Crippen LogP contribution in [0.5, 0.6) is 0 Å². The van der Waals surface area contributed by atoms with Gasteiger partial charge in [0.15, 0.2) is 0 Å². The number of aromatic nitrogens is 1. The first-order valence-electron chi connectivity index (χ1n) is 6.70.